The molecule has 1 aliphatic heterocycles. The molecule has 2 aromatic rings. The summed E-state index contributed by atoms with van der Waals surface area (Å²) in [6.45, 7) is 12.6. The molecule has 0 spiro atoms. The predicted octanol–water partition coefficient (Wildman–Crippen LogP) is 5.55. The maximum absolute atomic E-state index is 14.0. The Morgan fingerprint density at radius 3 is 2.08 bits per heavy atom. The highest BCUT2D eigenvalue weighted by atomic mass is 16.7. The van der Waals surface area contributed by atoms with Crippen molar-refractivity contribution in [1.82, 2.24) is 10.2 Å². The van der Waals surface area contributed by atoms with Gasteiger partial charge in [0.1, 0.15) is 6.04 Å². The SMILES string of the molecule is CC(C)CC(=O)N(Cc1ccccc1)C(C(=O)NC1CCCCC1)c1ccc(B2OC(C)(C)C(C)(C)O2)cc1. The fourth-order valence-electron chi connectivity index (χ4n) is 5.38. The van der Waals surface area contributed by atoms with Crippen molar-refractivity contribution >= 4 is 24.4 Å². The van der Waals surface area contributed by atoms with Gasteiger partial charge in [0, 0.05) is 19.0 Å². The molecule has 0 aromatic heterocycles. The van der Waals surface area contributed by atoms with E-state index in [4.69, 9.17) is 9.31 Å². The van der Waals surface area contributed by atoms with Gasteiger partial charge >= 0.3 is 7.12 Å². The fourth-order valence-corrected chi connectivity index (χ4v) is 5.38. The number of carbonyl (C=O) groups excluding carboxylic acids is 2. The quantitative estimate of drug-likeness (QED) is 0.430. The zero-order valence-electron chi connectivity index (χ0n) is 24.5. The number of hydrogen-bond donors (Lipinski definition) is 1. The first-order chi connectivity index (χ1) is 18.5. The second-order valence-corrected chi connectivity index (χ2v) is 12.6. The standard InChI is InChI=1S/C32H45BN2O4/c1-23(2)21-28(36)35(22-24-13-9-7-10-14-24)29(30(37)34-27-15-11-8-12-16-27)25-17-19-26(20-18-25)33-38-31(3,4)32(5,6)39-33/h7,9-10,13-14,17-20,23,27,29H,8,11-12,15-16,21-22H2,1-6H3,(H,34,37). The maximum Gasteiger partial charge on any atom is 0.494 e. The zero-order valence-corrected chi connectivity index (χ0v) is 24.5. The van der Waals surface area contributed by atoms with Gasteiger partial charge in [0.05, 0.1) is 11.2 Å². The molecule has 1 atom stereocenters. The molecule has 0 radical (unpaired) electrons. The number of carbonyl (C=O) groups is 2. The molecule has 39 heavy (non-hydrogen) atoms. The van der Waals surface area contributed by atoms with E-state index in [-0.39, 0.29) is 23.8 Å². The van der Waals surface area contributed by atoms with Gasteiger partial charge in [-0.05, 0) is 63.0 Å². The molecular weight excluding hydrogens is 487 g/mol. The summed E-state index contributed by atoms with van der Waals surface area (Å²) in [5.41, 5.74) is 1.81. The Labute approximate surface area is 235 Å². The predicted molar refractivity (Wildman–Crippen MR) is 156 cm³/mol. The van der Waals surface area contributed by atoms with E-state index >= 15 is 0 Å². The van der Waals surface area contributed by atoms with Crippen LogP contribution in [0.25, 0.3) is 0 Å². The Hall–Kier alpha value is -2.64. The van der Waals surface area contributed by atoms with Gasteiger partial charge in [0.2, 0.25) is 11.8 Å². The normalized spacial score (nSPS) is 19.6. The van der Waals surface area contributed by atoms with Crippen LogP contribution in [-0.2, 0) is 25.4 Å². The molecule has 2 fully saturated rings. The summed E-state index contributed by atoms with van der Waals surface area (Å²) in [5.74, 6) is 0.0505. The van der Waals surface area contributed by atoms with Crippen LogP contribution in [0.4, 0.5) is 0 Å². The number of nitrogens with one attached hydrogen (secondary N) is 1. The Kier molecular flexibility index (Phi) is 9.23. The lowest BCUT2D eigenvalue weighted by molar-refractivity contribution is -0.142. The summed E-state index contributed by atoms with van der Waals surface area (Å²) in [6.07, 6.45) is 5.81. The van der Waals surface area contributed by atoms with Crippen LogP contribution in [0.5, 0.6) is 0 Å². The van der Waals surface area contributed by atoms with Crippen LogP contribution >= 0.6 is 0 Å². The van der Waals surface area contributed by atoms with Crippen LogP contribution in [0.3, 0.4) is 0 Å². The average molecular weight is 533 g/mol. The molecule has 7 heteroatoms. The molecule has 1 heterocycles. The number of nitrogens with zero attached hydrogens (tertiary/aromatic N) is 1. The highest BCUT2D eigenvalue weighted by Gasteiger charge is 2.51. The second-order valence-electron chi connectivity index (χ2n) is 12.6. The van der Waals surface area contributed by atoms with Gasteiger partial charge in [0.15, 0.2) is 0 Å². The van der Waals surface area contributed by atoms with E-state index in [9.17, 15) is 9.59 Å². The second kappa shape index (κ2) is 12.3. The Bertz CT molecular complexity index is 1090. The van der Waals surface area contributed by atoms with Crippen LogP contribution in [0, 0.1) is 5.92 Å². The minimum absolute atomic E-state index is 0.0207. The van der Waals surface area contributed by atoms with E-state index in [1.807, 2.05) is 96.1 Å². The van der Waals surface area contributed by atoms with Crippen molar-refractivity contribution in [1.29, 1.82) is 0 Å². The number of hydrogen-bond acceptors (Lipinski definition) is 4. The lowest BCUT2D eigenvalue weighted by Crippen LogP contribution is -2.47. The van der Waals surface area contributed by atoms with E-state index in [1.165, 1.54) is 6.42 Å². The molecule has 6 nitrogen and oxygen atoms in total. The number of rotatable bonds is 9. The lowest BCUT2D eigenvalue weighted by Gasteiger charge is -2.34. The van der Waals surface area contributed by atoms with Crippen molar-refractivity contribution in [2.75, 3.05) is 0 Å². The van der Waals surface area contributed by atoms with Crippen molar-refractivity contribution < 1.29 is 18.9 Å². The summed E-state index contributed by atoms with van der Waals surface area (Å²) in [7, 11) is -0.485. The molecule has 1 unspecified atom stereocenters. The minimum Gasteiger partial charge on any atom is -0.399 e. The molecule has 210 valence electrons. The van der Waals surface area contributed by atoms with Gasteiger partial charge < -0.3 is 19.5 Å². The summed E-state index contributed by atoms with van der Waals surface area (Å²) in [6, 6.07) is 17.2. The van der Waals surface area contributed by atoms with Crippen LogP contribution in [0.15, 0.2) is 54.6 Å². The third-order valence-corrected chi connectivity index (χ3v) is 8.39. The molecule has 1 saturated carbocycles. The number of benzene rings is 2. The van der Waals surface area contributed by atoms with Gasteiger partial charge in [-0.2, -0.15) is 0 Å². The van der Waals surface area contributed by atoms with E-state index in [2.05, 4.69) is 5.32 Å². The Morgan fingerprint density at radius 2 is 1.51 bits per heavy atom. The van der Waals surface area contributed by atoms with Gasteiger partial charge in [-0.15, -0.1) is 0 Å². The molecule has 1 aliphatic carbocycles. The summed E-state index contributed by atoms with van der Waals surface area (Å²) < 4.78 is 12.5. The maximum atomic E-state index is 14.0. The first-order valence-electron chi connectivity index (χ1n) is 14.6. The van der Waals surface area contributed by atoms with E-state index in [0.717, 1.165) is 42.3 Å². The molecule has 1 saturated heterocycles. The first-order valence-corrected chi connectivity index (χ1v) is 14.6. The third kappa shape index (κ3) is 7.12. The molecule has 2 aromatic carbocycles. The van der Waals surface area contributed by atoms with Crippen LogP contribution < -0.4 is 10.8 Å². The van der Waals surface area contributed by atoms with E-state index in [1.54, 1.807) is 4.90 Å². The Morgan fingerprint density at radius 1 is 0.923 bits per heavy atom. The summed E-state index contributed by atoms with van der Waals surface area (Å²) in [5, 5.41) is 3.30. The van der Waals surface area contributed by atoms with Crippen LogP contribution in [-0.4, -0.2) is 41.1 Å². The monoisotopic (exact) mass is 532 g/mol. The molecule has 4 rings (SSSR count). The fraction of sp³-hybridized carbons (Fsp3) is 0.562. The third-order valence-electron chi connectivity index (χ3n) is 8.39. The highest BCUT2D eigenvalue weighted by Crippen LogP contribution is 2.36. The minimum atomic E-state index is -0.731. The van der Waals surface area contributed by atoms with E-state index < -0.39 is 24.4 Å². The summed E-state index contributed by atoms with van der Waals surface area (Å²) >= 11 is 0. The van der Waals surface area contributed by atoms with Crippen LogP contribution in [0.2, 0.25) is 0 Å². The van der Waals surface area contributed by atoms with Crippen molar-refractivity contribution in [2.24, 2.45) is 5.92 Å². The smallest absolute Gasteiger partial charge is 0.399 e. The molecule has 1 N–H and O–H groups in total. The largest absolute Gasteiger partial charge is 0.494 e. The van der Waals surface area contributed by atoms with Crippen molar-refractivity contribution in [3.8, 4) is 0 Å². The van der Waals surface area contributed by atoms with E-state index in [0.29, 0.717) is 13.0 Å². The van der Waals surface area contributed by atoms with Crippen molar-refractivity contribution in [3.63, 3.8) is 0 Å². The van der Waals surface area contributed by atoms with Crippen molar-refractivity contribution in [2.45, 2.75) is 110 Å². The average Bonchev–Trinajstić information content (AvgIpc) is 3.11. The van der Waals surface area contributed by atoms with Gasteiger partial charge in [-0.3, -0.25) is 9.59 Å². The summed E-state index contributed by atoms with van der Waals surface area (Å²) in [4.78, 5) is 29.4. The van der Waals surface area contributed by atoms with Gasteiger partial charge in [-0.1, -0.05) is 87.7 Å². The highest BCUT2D eigenvalue weighted by molar-refractivity contribution is 6.62. The van der Waals surface area contributed by atoms with Gasteiger partial charge in [-0.25, -0.2) is 0 Å². The molecule has 0 bridgehead atoms. The van der Waals surface area contributed by atoms with Crippen LogP contribution in [0.1, 0.15) is 97.2 Å². The molecular formula is C32H45BN2O4. The molecule has 2 amide bonds. The first kappa shape index (κ1) is 29.4. The van der Waals surface area contributed by atoms with Gasteiger partial charge in [0.25, 0.3) is 0 Å². The zero-order chi connectivity index (χ0) is 28.2. The Balaban J connectivity index is 1.67. The lowest BCUT2D eigenvalue weighted by atomic mass is 9.78. The van der Waals surface area contributed by atoms with Crippen molar-refractivity contribution in [3.05, 3.63) is 65.7 Å². The molecule has 2 aliphatic rings. The topological polar surface area (TPSA) is 67.9 Å². The number of amides is 2.